The van der Waals surface area contributed by atoms with E-state index in [1.54, 1.807) is 0 Å². The van der Waals surface area contributed by atoms with Crippen molar-refractivity contribution in [1.82, 2.24) is 5.32 Å². The van der Waals surface area contributed by atoms with Crippen LogP contribution in [-0.2, 0) is 14.3 Å². The van der Waals surface area contributed by atoms with Gasteiger partial charge in [0.15, 0.2) is 0 Å². The minimum absolute atomic E-state index is 0.160. The van der Waals surface area contributed by atoms with Crippen molar-refractivity contribution in [2.75, 3.05) is 6.61 Å². The average Bonchev–Trinajstić information content (AvgIpc) is 2.29. The highest BCUT2D eigenvalue weighted by molar-refractivity contribution is 5.81. The number of nitrogens with one attached hydrogen (secondary N) is 1. The number of hydrogen-bond acceptors (Lipinski definition) is 3. The molecule has 0 atom stereocenters. The summed E-state index contributed by atoms with van der Waals surface area (Å²) in [6.45, 7) is 11.8. The molecule has 4 heteroatoms. The minimum Gasteiger partial charge on any atom is -0.463 e. The first kappa shape index (κ1) is 19.0. The van der Waals surface area contributed by atoms with Crippen molar-refractivity contribution in [3.05, 3.63) is 12.7 Å². The molecule has 4 nitrogen and oxygen atoms in total. The van der Waals surface area contributed by atoms with E-state index in [0.29, 0.717) is 13.0 Å². The number of amides is 1. The lowest BCUT2D eigenvalue weighted by Crippen LogP contribution is -2.29. The molecular formula is C14H27NO3. The van der Waals surface area contributed by atoms with Gasteiger partial charge in [0.2, 0.25) is 5.91 Å². The molecule has 18 heavy (non-hydrogen) atoms. The molecule has 0 saturated heterocycles. The number of hydrogen-bond donors (Lipinski definition) is 1. The highest BCUT2D eigenvalue weighted by Crippen LogP contribution is 1.88. The van der Waals surface area contributed by atoms with Gasteiger partial charge in [-0.05, 0) is 26.7 Å². The first-order chi connectivity index (χ1) is 8.47. The summed E-state index contributed by atoms with van der Waals surface area (Å²) < 4.78 is 4.67. The molecule has 0 aromatic rings. The second-order valence-electron chi connectivity index (χ2n) is 4.20. The van der Waals surface area contributed by atoms with Crippen molar-refractivity contribution in [2.24, 2.45) is 0 Å². The monoisotopic (exact) mass is 257 g/mol. The van der Waals surface area contributed by atoms with Gasteiger partial charge in [-0.25, -0.2) is 4.79 Å². The van der Waals surface area contributed by atoms with Crippen molar-refractivity contribution >= 4 is 11.9 Å². The zero-order chi connectivity index (χ0) is 14.4. The topological polar surface area (TPSA) is 55.4 Å². The van der Waals surface area contributed by atoms with Crippen molar-refractivity contribution in [1.29, 1.82) is 0 Å². The summed E-state index contributed by atoms with van der Waals surface area (Å²) in [4.78, 5) is 21.1. The molecule has 0 aliphatic carbocycles. The van der Waals surface area contributed by atoms with Gasteiger partial charge in [0.05, 0.1) is 6.61 Å². The Hall–Kier alpha value is -1.32. The molecule has 0 saturated carbocycles. The molecule has 0 aromatic carbocycles. The van der Waals surface area contributed by atoms with Crippen LogP contribution in [0.4, 0.5) is 0 Å². The Bertz CT molecular complexity index is 237. The van der Waals surface area contributed by atoms with Gasteiger partial charge in [0.1, 0.15) is 0 Å². The van der Waals surface area contributed by atoms with Crippen LogP contribution in [0, 0.1) is 0 Å². The van der Waals surface area contributed by atoms with E-state index >= 15 is 0 Å². The molecule has 0 rings (SSSR count). The molecule has 106 valence electrons. The molecule has 0 fully saturated rings. The number of esters is 1. The van der Waals surface area contributed by atoms with Crippen LogP contribution in [0.1, 0.15) is 53.4 Å². The number of carbonyl (C=O) groups is 2. The van der Waals surface area contributed by atoms with E-state index in [9.17, 15) is 9.59 Å². The number of ether oxygens (including phenoxy) is 1. The van der Waals surface area contributed by atoms with Crippen LogP contribution in [0.2, 0.25) is 0 Å². The van der Waals surface area contributed by atoms with Gasteiger partial charge in [-0.15, -0.1) is 0 Å². The summed E-state index contributed by atoms with van der Waals surface area (Å²) in [6, 6.07) is 0.282. The Balaban J connectivity index is 0. The van der Waals surface area contributed by atoms with E-state index in [0.717, 1.165) is 19.3 Å². The molecule has 1 N–H and O–H groups in total. The fourth-order valence-corrected chi connectivity index (χ4v) is 0.997. The first-order valence-corrected chi connectivity index (χ1v) is 6.56. The largest absolute Gasteiger partial charge is 0.463 e. The second kappa shape index (κ2) is 13.7. The Morgan fingerprint density at radius 3 is 2.28 bits per heavy atom. The third-order valence-corrected chi connectivity index (χ3v) is 1.84. The highest BCUT2D eigenvalue weighted by Gasteiger charge is 1.98. The molecule has 0 heterocycles. The van der Waals surface area contributed by atoms with E-state index in [-0.39, 0.29) is 17.9 Å². The van der Waals surface area contributed by atoms with E-state index in [4.69, 9.17) is 0 Å². The quantitative estimate of drug-likeness (QED) is 0.433. The highest BCUT2D eigenvalue weighted by atomic mass is 16.5. The van der Waals surface area contributed by atoms with E-state index in [1.165, 1.54) is 6.08 Å². The van der Waals surface area contributed by atoms with Crippen LogP contribution in [-0.4, -0.2) is 24.5 Å². The molecular weight excluding hydrogens is 230 g/mol. The maximum atomic E-state index is 10.7. The van der Waals surface area contributed by atoms with Crippen LogP contribution in [0.15, 0.2) is 12.7 Å². The van der Waals surface area contributed by atoms with Gasteiger partial charge in [-0.2, -0.15) is 0 Å². The summed E-state index contributed by atoms with van der Waals surface area (Å²) >= 11 is 0. The van der Waals surface area contributed by atoms with Crippen molar-refractivity contribution in [3.8, 4) is 0 Å². The van der Waals surface area contributed by atoms with E-state index < -0.39 is 0 Å². The second-order valence-corrected chi connectivity index (χ2v) is 4.20. The standard InChI is InChI=1S/C7H15NO.C7H12O2/c1-4-5-7(9)8-6(2)3;1-3-5-6-9-7(8)4-2/h6H,4-5H2,1-3H3,(H,8,9);4H,2-3,5-6H2,1H3. The zero-order valence-corrected chi connectivity index (χ0v) is 12.1. The Morgan fingerprint density at radius 1 is 1.28 bits per heavy atom. The van der Waals surface area contributed by atoms with Gasteiger partial charge in [-0.3, -0.25) is 4.79 Å². The van der Waals surface area contributed by atoms with Gasteiger partial charge >= 0.3 is 5.97 Å². The fraction of sp³-hybridized carbons (Fsp3) is 0.714. The zero-order valence-electron chi connectivity index (χ0n) is 12.1. The van der Waals surface area contributed by atoms with Crippen LogP contribution in [0.25, 0.3) is 0 Å². The van der Waals surface area contributed by atoms with Crippen molar-refractivity contribution in [3.63, 3.8) is 0 Å². The Labute approximate surface area is 111 Å². The predicted octanol–water partition coefficient (Wildman–Crippen LogP) is 2.83. The van der Waals surface area contributed by atoms with E-state index in [1.807, 2.05) is 27.7 Å². The Morgan fingerprint density at radius 2 is 1.89 bits per heavy atom. The number of rotatable bonds is 7. The minimum atomic E-state index is -0.330. The van der Waals surface area contributed by atoms with E-state index in [2.05, 4.69) is 16.6 Å². The molecule has 0 aromatic heterocycles. The SMILES string of the molecule is C=CC(=O)OCCCC.CCCC(=O)NC(C)C. The Kier molecular flexibility index (Phi) is 14.5. The summed E-state index contributed by atoms with van der Waals surface area (Å²) in [5.74, 6) is -0.170. The van der Waals surface area contributed by atoms with Crippen LogP contribution < -0.4 is 5.32 Å². The van der Waals surface area contributed by atoms with Crippen molar-refractivity contribution < 1.29 is 14.3 Å². The molecule has 0 spiro atoms. The van der Waals surface area contributed by atoms with Crippen LogP contribution in [0.5, 0.6) is 0 Å². The molecule has 0 aliphatic rings. The first-order valence-electron chi connectivity index (χ1n) is 6.56. The normalized spacial score (nSPS) is 9.17. The number of unbranched alkanes of at least 4 members (excludes halogenated alkanes) is 1. The summed E-state index contributed by atoms with van der Waals surface area (Å²) in [6.07, 6.45) is 4.73. The molecule has 0 radical (unpaired) electrons. The lowest BCUT2D eigenvalue weighted by Gasteiger charge is -2.05. The average molecular weight is 257 g/mol. The maximum absolute atomic E-state index is 10.7. The van der Waals surface area contributed by atoms with Crippen LogP contribution >= 0.6 is 0 Å². The summed E-state index contributed by atoms with van der Waals surface area (Å²) in [5.41, 5.74) is 0. The van der Waals surface area contributed by atoms with Gasteiger partial charge in [0.25, 0.3) is 0 Å². The van der Waals surface area contributed by atoms with Gasteiger partial charge in [-0.1, -0.05) is 26.8 Å². The lowest BCUT2D eigenvalue weighted by molar-refractivity contribution is -0.137. The van der Waals surface area contributed by atoms with Crippen molar-refractivity contribution in [2.45, 2.75) is 59.4 Å². The number of carbonyl (C=O) groups excluding carboxylic acids is 2. The third-order valence-electron chi connectivity index (χ3n) is 1.84. The summed E-state index contributed by atoms with van der Waals surface area (Å²) in [5, 5.41) is 2.80. The van der Waals surface area contributed by atoms with Crippen LogP contribution in [0.3, 0.4) is 0 Å². The third kappa shape index (κ3) is 17.1. The fourth-order valence-electron chi connectivity index (χ4n) is 0.997. The smallest absolute Gasteiger partial charge is 0.330 e. The summed E-state index contributed by atoms with van der Waals surface area (Å²) in [7, 11) is 0. The molecule has 0 bridgehead atoms. The van der Waals surface area contributed by atoms with Gasteiger partial charge in [0, 0.05) is 18.5 Å². The maximum Gasteiger partial charge on any atom is 0.330 e. The molecule has 1 amide bonds. The van der Waals surface area contributed by atoms with Gasteiger partial charge < -0.3 is 10.1 Å². The molecule has 0 aliphatic heterocycles. The molecule has 0 unspecified atom stereocenters. The predicted molar refractivity (Wildman–Crippen MR) is 74.3 cm³/mol. The lowest BCUT2D eigenvalue weighted by atomic mass is 10.3.